The number of carbonyl (C=O) groups is 1. The molecule has 0 aromatic heterocycles. The van der Waals surface area contributed by atoms with Crippen molar-refractivity contribution in [1.29, 1.82) is 0 Å². The topological polar surface area (TPSA) is 60.0 Å². The molecule has 1 heterocycles. The number of rotatable bonds is 6. The second kappa shape index (κ2) is 12.7. The summed E-state index contributed by atoms with van der Waals surface area (Å²) in [4.78, 5) is 20.5. The zero-order chi connectivity index (χ0) is 21.3. The van der Waals surface area contributed by atoms with Crippen LogP contribution in [0.4, 0.5) is 0 Å². The van der Waals surface area contributed by atoms with Gasteiger partial charge in [0.25, 0.3) is 5.91 Å². The molecule has 0 radical (unpaired) electrons. The predicted molar refractivity (Wildman–Crippen MR) is 138 cm³/mol. The SMILES string of the molecule is CN=C(NCc1ccc(C(=O)N(C)C)cc1)NC1CCN(Cc2ccccc2)CC1.I. The molecule has 6 nitrogen and oxygen atoms in total. The largest absolute Gasteiger partial charge is 0.354 e. The number of aliphatic imine (C=N–C) groups is 1. The quantitative estimate of drug-likeness (QED) is 0.339. The second-order valence-electron chi connectivity index (χ2n) is 8.00. The van der Waals surface area contributed by atoms with Crippen molar-refractivity contribution in [2.45, 2.75) is 32.0 Å². The molecule has 31 heavy (non-hydrogen) atoms. The van der Waals surface area contributed by atoms with Gasteiger partial charge in [-0.3, -0.25) is 14.7 Å². The summed E-state index contributed by atoms with van der Waals surface area (Å²) in [5.74, 6) is 0.843. The maximum atomic E-state index is 12.0. The summed E-state index contributed by atoms with van der Waals surface area (Å²) in [5, 5.41) is 6.94. The summed E-state index contributed by atoms with van der Waals surface area (Å²) in [6.07, 6.45) is 2.21. The number of carbonyl (C=O) groups excluding carboxylic acids is 1. The van der Waals surface area contributed by atoms with Crippen LogP contribution in [0.3, 0.4) is 0 Å². The smallest absolute Gasteiger partial charge is 0.253 e. The Kier molecular flexibility index (Phi) is 10.3. The summed E-state index contributed by atoms with van der Waals surface area (Å²) in [6.45, 7) is 3.87. The van der Waals surface area contributed by atoms with Crippen LogP contribution in [0.1, 0.15) is 34.3 Å². The van der Waals surface area contributed by atoms with Crippen LogP contribution >= 0.6 is 24.0 Å². The molecule has 7 heteroatoms. The van der Waals surface area contributed by atoms with Gasteiger partial charge >= 0.3 is 0 Å². The van der Waals surface area contributed by atoms with Crippen LogP contribution in [0.15, 0.2) is 59.6 Å². The minimum absolute atomic E-state index is 0. The number of nitrogens with one attached hydrogen (secondary N) is 2. The molecule has 1 aliphatic heterocycles. The van der Waals surface area contributed by atoms with Crippen molar-refractivity contribution in [3.63, 3.8) is 0 Å². The van der Waals surface area contributed by atoms with Gasteiger partial charge < -0.3 is 15.5 Å². The first kappa shape index (κ1) is 25.1. The Hall–Kier alpha value is -2.13. The third-order valence-electron chi connectivity index (χ3n) is 5.47. The lowest BCUT2D eigenvalue weighted by molar-refractivity contribution is 0.0827. The van der Waals surface area contributed by atoms with Crippen LogP contribution < -0.4 is 10.6 Å². The highest BCUT2D eigenvalue weighted by Gasteiger charge is 2.20. The Balaban J connectivity index is 0.00000341. The summed E-state index contributed by atoms with van der Waals surface area (Å²) in [5.41, 5.74) is 3.19. The van der Waals surface area contributed by atoms with Gasteiger partial charge in [-0.1, -0.05) is 42.5 Å². The molecule has 2 N–H and O–H groups in total. The van der Waals surface area contributed by atoms with E-state index in [0.717, 1.165) is 44.0 Å². The van der Waals surface area contributed by atoms with Crippen LogP contribution in [0.2, 0.25) is 0 Å². The van der Waals surface area contributed by atoms with E-state index >= 15 is 0 Å². The van der Waals surface area contributed by atoms with Gasteiger partial charge in [0, 0.05) is 58.9 Å². The van der Waals surface area contributed by atoms with Gasteiger partial charge in [0.1, 0.15) is 0 Å². The number of likely N-dealkylation sites (tertiary alicyclic amines) is 1. The van der Waals surface area contributed by atoms with Gasteiger partial charge in [-0.25, -0.2) is 0 Å². The van der Waals surface area contributed by atoms with E-state index in [1.54, 1.807) is 26.0 Å². The van der Waals surface area contributed by atoms with Crippen molar-refractivity contribution in [2.24, 2.45) is 4.99 Å². The maximum Gasteiger partial charge on any atom is 0.253 e. The lowest BCUT2D eigenvalue weighted by Crippen LogP contribution is -2.48. The standard InChI is InChI=1S/C24H33N5O.HI/c1-25-24(26-17-19-9-11-21(12-10-19)23(30)28(2)3)27-22-13-15-29(16-14-22)18-20-7-5-4-6-8-20;/h4-12,22H,13-18H2,1-3H3,(H2,25,26,27);1H. The molecule has 1 amide bonds. The zero-order valence-electron chi connectivity index (χ0n) is 18.7. The Bertz CT molecular complexity index is 831. The predicted octanol–water partition coefficient (Wildman–Crippen LogP) is 3.34. The molecule has 1 fully saturated rings. The number of hydrogen-bond acceptors (Lipinski definition) is 3. The first-order chi connectivity index (χ1) is 14.5. The number of guanidine groups is 1. The Morgan fingerprint density at radius 2 is 1.68 bits per heavy atom. The van der Waals surface area contributed by atoms with E-state index in [1.807, 2.05) is 24.3 Å². The third kappa shape index (κ3) is 7.81. The molecule has 0 saturated carbocycles. The van der Waals surface area contributed by atoms with Crippen LogP contribution in [-0.4, -0.2) is 61.9 Å². The lowest BCUT2D eigenvalue weighted by atomic mass is 10.0. The lowest BCUT2D eigenvalue weighted by Gasteiger charge is -2.33. The van der Waals surface area contributed by atoms with Gasteiger partial charge in [0.2, 0.25) is 0 Å². The average Bonchev–Trinajstić information content (AvgIpc) is 2.78. The summed E-state index contributed by atoms with van der Waals surface area (Å²) < 4.78 is 0. The number of benzene rings is 2. The van der Waals surface area contributed by atoms with E-state index in [2.05, 4.69) is 50.9 Å². The highest BCUT2D eigenvalue weighted by atomic mass is 127. The van der Waals surface area contributed by atoms with Crippen molar-refractivity contribution in [3.05, 3.63) is 71.3 Å². The van der Waals surface area contributed by atoms with Crippen molar-refractivity contribution in [1.82, 2.24) is 20.4 Å². The molecule has 0 aliphatic carbocycles. The summed E-state index contributed by atoms with van der Waals surface area (Å²) in [7, 11) is 5.33. The molecule has 1 saturated heterocycles. The van der Waals surface area contributed by atoms with Crippen LogP contribution in [0, 0.1) is 0 Å². The number of amides is 1. The Morgan fingerprint density at radius 3 is 2.26 bits per heavy atom. The molecule has 3 rings (SSSR count). The average molecular weight is 535 g/mol. The second-order valence-corrected chi connectivity index (χ2v) is 8.00. The van der Waals surface area contributed by atoms with E-state index in [9.17, 15) is 4.79 Å². The minimum atomic E-state index is 0. The van der Waals surface area contributed by atoms with E-state index in [-0.39, 0.29) is 29.9 Å². The van der Waals surface area contributed by atoms with E-state index in [0.29, 0.717) is 18.2 Å². The third-order valence-corrected chi connectivity index (χ3v) is 5.47. The minimum Gasteiger partial charge on any atom is -0.354 e. The first-order valence-corrected chi connectivity index (χ1v) is 10.6. The highest BCUT2D eigenvalue weighted by molar-refractivity contribution is 14.0. The molecule has 0 bridgehead atoms. The van der Waals surface area contributed by atoms with Gasteiger partial charge in [-0.2, -0.15) is 0 Å². The molecule has 1 aliphatic rings. The molecule has 0 unspecified atom stereocenters. The fourth-order valence-corrected chi connectivity index (χ4v) is 3.67. The number of nitrogens with zero attached hydrogens (tertiary/aromatic N) is 3. The van der Waals surface area contributed by atoms with Gasteiger partial charge in [-0.05, 0) is 36.1 Å². The molecule has 2 aromatic rings. The van der Waals surface area contributed by atoms with Crippen molar-refractivity contribution in [3.8, 4) is 0 Å². The maximum absolute atomic E-state index is 12.0. The summed E-state index contributed by atoms with van der Waals surface area (Å²) in [6, 6.07) is 18.8. The van der Waals surface area contributed by atoms with Crippen molar-refractivity contribution >= 4 is 35.8 Å². The molecule has 0 spiro atoms. The van der Waals surface area contributed by atoms with Gasteiger partial charge in [-0.15, -0.1) is 24.0 Å². The Morgan fingerprint density at radius 1 is 1.03 bits per heavy atom. The number of hydrogen-bond donors (Lipinski definition) is 2. The van der Waals surface area contributed by atoms with Gasteiger partial charge in [0.05, 0.1) is 0 Å². The van der Waals surface area contributed by atoms with Crippen LogP contribution in [0.25, 0.3) is 0 Å². The normalized spacial score (nSPS) is 15.1. The monoisotopic (exact) mass is 535 g/mol. The number of piperidine rings is 1. The molecular formula is C24H34IN5O. The van der Waals surface area contributed by atoms with Crippen molar-refractivity contribution in [2.75, 3.05) is 34.2 Å². The van der Waals surface area contributed by atoms with E-state index in [1.165, 1.54) is 5.56 Å². The van der Waals surface area contributed by atoms with E-state index < -0.39 is 0 Å². The van der Waals surface area contributed by atoms with E-state index in [4.69, 9.17) is 0 Å². The van der Waals surface area contributed by atoms with Crippen LogP contribution in [0.5, 0.6) is 0 Å². The van der Waals surface area contributed by atoms with Gasteiger partial charge in [0.15, 0.2) is 5.96 Å². The summed E-state index contributed by atoms with van der Waals surface area (Å²) >= 11 is 0. The fourth-order valence-electron chi connectivity index (χ4n) is 3.67. The van der Waals surface area contributed by atoms with Crippen LogP contribution in [-0.2, 0) is 13.1 Å². The zero-order valence-corrected chi connectivity index (χ0v) is 21.0. The first-order valence-electron chi connectivity index (χ1n) is 10.6. The number of halogens is 1. The van der Waals surface area contributed by atoms with Crippen molar-refractivity contribution < 1.29 is 4.79 Å². The fraction of sp³-hybridized carbons (Fsp3) is 0.417. The molecule has 168 valence electrons. The molecular weight excluding hydrogens is 501 g/mol. The highest BCUT2D eigenvalue weighted by Crippen LogP contribution is 2.14. The molecule has 2 aromatic carbocycles. The Labute approximate surface area is 203 Å². The molecule has 0 atom stereocenters.